The van der Waals surface area contributed by atoms with Gasteiger partial charge >= 0.3 is 0 Å². The standard InChI is InChI=1S/C15H20N2O2S/c1-4-18-14-9-12(5-6-13(14)19-11(2)3)10-17-15-16-7-8-20-15/h5-9,11H,4,10H2,1-3H3,(H,16,17). The predicted octanol–water partition coefficient (Wildman–Crippen LogP) is 3.94. The summed E-state index contributed by atoms with van der Waals surface area (Å²) >= 11 is 1.59. The predicted molar refractivity (Wildman–Crippen MR) is 82.8 cm³/mol. The van der Waals surface area contributed by atoms with E-state index in [2.05, 4.69) is 10.3 Å². The van der Waals surface area contributed by atoms with Crippen LogP contribution in [0.2, 0.25) is 0 Å². The van der Waals surface area contributed by atoms with E-state index in [1.54, 1.807) is 17.5 Å². The van der Waals surface area contributed by atoms with Gasteiger partial charge in [0.15, 0.2) is 16.6 Å². The van der Waals surface area contributed by atoms with Gasteiger partial charge in [-0.2, -0.15) is 0 Å². The van der Waals surface area contributed by atoms with Crippen molar-refractivity contribution < 1.29 is 9.47 Å². The number of hydrogen-bond donors (Lipinski definition) is 1. The summed E-state index contributed by atoms with van der Waals surface area (Å²) in [5.74, 6) is 1.58. The van der Waals surface area contributed by atoms with Crippen molar-refractivity contribution in [3.63, 3.8) is 0 Å². The van der Waals surface area contributed by atoms with E-state index in [0.29, 0.717) is 6.61 Å². The molecule has 1 heterocycles. The molecule has 0 spiro atoms. The lowest BCUT2D eigenvalue weighted by molar-refractivity contribution is 0.223. The van der Waals surface area contributed by atoms with E-state index in [0.717, 1.165) is 28.7 Å². The molecule has 4 nitrogen and oxygen atoms in total. The Balaban J connectivity index is 2.08. The lowest BCUT2D eigenvalue weighted by atomic mass is 10.2. The van der Waals surface area contributed by atoms with E-state index in [1.807, 2.05) is 44.4 Å². The summed E-state index contributed by atoms with van der Waals surface area (Å²) in [5.41, 5.74) is 1.14. The van der Waals surface area contributed by atoms with Crippen molar-refractivity contribution in [1.29, 1.82) is 0 Å². The number of aromatic nitrogens is 1. The minimum atomic E-state index is 0.133. The molecule has 0 unspecified atom stereocenters. The highest BCUT2D eigenvalue weighted by molar-refractivity contribution is 7.13. The smallest absolute Gasteiger partial charge is 0.182 e. The Morgan fingerprint density at radius 3 is 2.80 bits per heavy atom. The highest BCUT2D eigenvalue weighted by Gasteiger charge is 2.08. The van der Waals surface area contributed by atoms with Crippen molar-refractivity contribution >= 4 is 16.5 Å². The van der Waals surface area contributed by atoms with Crippen LogP contribution in [0.25, 0.3) is 0 Å². The van der Waals surface area contributed by atoms with Crippen molar-refractivity contribution in [2.45, 2.75) is 33.4 Å². The average molecular weight is 292 g/mol. The Labute approximate surface area is 123 Å². The van der Waals surface area contributed by atoms with Gasteiger partial charge in [-0.25, -0.2) is 4.98 Å². The third-order valence-electron chi connectivity index (χ3n) is 2.55. The van der Waals surface area contributed by atoms with Gasteiger partial charge in [-0.05, 0) is 38.5 Å². The van der Waals surface area contributed by atoms with Crippen LogP contribution in [0.1, 0.15) is 26.3 Å². The van der Waals surface area contributed by atoms with Gasteiger partial charge < -0.3 is 14.8 Å². The second kappa shape index (κ2) is 7.14. The van der Waals surface area contributed by atoms with E-state index >= 15 is 0 Å². The number of benzene rings is 1. The van der Waals surface area contributed by atoms with Gasteiger partial charge in [-0.1, -0.05) is 6.07 Å². The van der Waals surface area contributed by atoms with Crippen LogP contribution in [0.3, 0.4) is 0 Å². The van der Waals surface area contributed by atoms with Crippen LogP contribution >= 0.6 is 11.3 Å². The average Bonchev–Trinajstić information content (AvgIpc) is 2.92. The van der Waals surface area contributed by atoms with Gasteiger partial charge in [0.1, 0.15) is 0 Å². The highest BCUT2D eigenvalue weighted by Crippen LogP contribution is 2.29. The topological polar surface area (TPSA) is 43.4 Å². The fraction of sp³-hybridized carbons (Fsp3) is 0.400. The molecule has 20 heavy (non-hydrogen) atoms. The van der Waals surface area contributed by atoms with E-state index in [4.69, 9.17) is 9.47 Å². The molecule has 0 saturated carbocycles. The van der Waals surface area contributed by atoms with Crippen LogP contribution in [-0.4, -0.2) is 17.7 Å². The van der Waals surface area contributed by atoms with Crippen LogP contribution < -0.4 is 14.8 Å². The lowest BCUT2D eigenvalue weighted by Gasteiger charge is -2.15. The van der Waals surface area contributed by atoms with Gasteiger partial charge in [0.2, 0.25) is 0 Å². The van der Waals surface area contributed by atoms with Crippen molar-refractivity contribution in [3.8, 4) is 11.5 Å². The molecule has 0 aliphatic carbocycles. The van der Waals surface area contributed by atoms with Crippen molar-refractivity contribution in [3.05, 3.63) is 35.3 Å². The molecule has 2 aromatic rings. The van der Waals surface area contributed by atoms with E-state index in [9.17, 15) is 0 Å². The minimum Gasteiger partial charge on any atom is -0.490 e. The fourth-order valence-electron chi connectivity index (χ4n) is 1.77. The molecule has 0 bridgehead atoms. The Morgan fingerprint density at radius 2 is 2.15 bits per heavy atom. The van der Waals surface area contributed by atoms with Gasteiger partial charge in [-0.15, -0.1) is 11.3 Å². The number of rotatable bonds is 7. The number of anilines is 1. The van der Waals surface area contributed by atoms with E-state index in [1.165, 1.54) is 0 Å². The number of hydrogen-bond acceptors (Lipinski definition) is 5. The molecule has 1 aromatic heterocycles. The SMILES string of the molecule is CCOc1cc(CNc2nccs2)ccc1OC(C)C. The summed E-state index contributed by atoms with van der Waals surface area (Å²) in [4.78, 5) is 4.20. The summed E-state index contributed by atoms with van der Waals surface area (Å²) in [7, 11) is 0. The van der Waals surface area contributed by atoms with Gasteiger partial charge in [0.25, 0.3) is 0 Å². The third kappa shape index (κ3) is 4.13. The number of nitrogens with one attached hydrogen (secondary N) is 1. The normalized spacial score (nSPS) is 10.6. The zero-order valence-corrected chi connectivity index (χ0v) is 12.9. The Morgan fingerprint density at radius 1 is 1.30 bits per heavy atom. The van der Waals surface area contributed by atoms with E-state index in [-0.39, 0.29) is 6.10 Å². The van der Waals surface area contributed by atoms with Crippen LogP contribution in [0.4, 0.5) is 5.13 Å². The van der Waals surface area contributed by atoms with Gasteiger partial charge in [0, 0.05) is 18.1 Å². The quantitative estimate of drug-likeness (QED) is 0.839. The second-order valence-electron chi connectivity index (χ2n) is 4.57. The molecule has 0 amide bonds. The lowest BCUT2D eigenvalue weighted by Crippen LogP contribution is -2.08. The van der Waals surface area contributed by atoms with Crippen LogP contribution in [0.15, 0.2) is 29.8 Å². The largest absolute Gasteiger partial charge is 0.490 e. The molecular weight excluding hydrogens is 272 g/mol. The monoisotopic (exact) mass is 292 g/mol. The molecule has 1 N–H and O–H groups in total. The van der Waals surface area contributed by atoms with Crippen LogP contribution in [-0.2, 0) is 6.54 Å². The van der Waals surface area contributed by atoms with Crippen molar-refractivity contribution in [2.75, 3.05) is 11.9 Å². The van der Waals surface area contributed by atoms with E-state index < -0.39 is 0 Å². The number of thiazole rings is 1. The number of ether oxygens (including phenoxy) is 2. The first kappa shape index (κ1) is 14.7. The zero-order valence-electron chi connectivity index (χ0n) is 12.1. The zero-order chi connectivity index (χ0) is 14.4. The molecule has 0 aliphatic heterocycles. The molecule has 0 radical (unpaired) electrons. The summed E-state index contributed by atoms with van der Waals surface area (Å²) in [5, 5.41) is 6.16. The first-order chi connectivity index (χ1) is 9.69. The Bertz CT molecular complexity index is 527. The molecule has 2 rings (SSSR count). The van der Waals surface area contributed by atoms with Crippen LogP contribution in [0, 0.1) is 0 Å². The Kier molecular flexibility index (Phi) is 5.24. The summed E-state index contributed by atoms with van der Waals surface area (Å²) in [6.45, 7) is 7.33. The maximum absolute atomic E-state index is 5.75. The maximum atomic E-state index is 5.75. The first-order valence-electron chi connectivity index (χ1n) is 6.74. The molecular formula is C15H20N2O2S. The minimum absolute atomic E-state index is 0.133. The second-order valence-corrected chi connectivity index (χ2v) is 5.47. The summed E-state index contributed by atoms with van der Waals surface area (Å²) in [6.07, 6.45) is 1.92. The maximum Gasteiger partial charge on any atom is 0.182 e. The molecule has 1 aromatic carbocycles. The fourth-order valence-corrected chi connectivity index (χ4v) is 2.30. The first-order valence-corrected chi connectivity index (χ1v) is 7.62. The molecule has 0 fully saturated rings. The molecule has 5 heteroatoms. The third-order valence-corrected chi connectivity index (χ3v) is 3.28. The summed E-state index contributed by atoms with van der Waals surface area (Å²) < 4.78 is 11.4. The summed E-state index contributed by atoms with van der Waals surface area (Å²) in [6, 6.07) is 6.02. The Hall–Kier alpha value is -1.75. The molecule has 0 atom stereocenters. The van der Waals surface area contributed by atoms with Gasteiger partial charge in [0.05, 0.1) is 12.7 Å². The number of nitrogens with zero attached hydrogens (tertiary/aromatic N) is 1. The molecule has 0 aliphatic rings. The van der Waals surface area contributed by atoms with Gasteiger partial charge in [-0.3, -0.25) is 0 Å². The van der Waals surface area contributed by atoms with Crippen LogP contribution in [0.5, 0.6) is 11.5 Å². The van der Waals surface area contributed by atoms with Crippen molar-refractivity contribution in [1.82, 2.24) is 4.98 Å². The highest BCUT2D eigenvalue weighted by atomic mass is 32.1. The molecule has 0 saturated heterocycles. The van der Waals surface area contributed by atoms with Crippen molar-refractivity contribution in [2.24, 2.45) is 0 Å². The molecule has 108 valence electrons.